The number of nitrogens with zero attached hydrogens (tertiary/aromatic N) is 1. The van der Waals surface area contributed by atoms with Gasteiger partial charge >= 0.3 is 20.4 Å². The van der Waals surface area contributed by atoms with E-state index in [0.29, 0.717) is 22.3 Å². The van der Waals surface area contributed by atoms with Crippen molar-refractivity contribution in [3.8, 4) is 11.1 Å². The molecule has 0 amide bonds. The third-order valence-corrected chi connectivity index (χ3v) is 17.9. The fourth-order valence-corrected chi connectivity index (χ4v) is 19.0. The minimum atomic E-state index is -3.67. The normalized spacial score (nSPS) is 34.3. The van der Waals surface area contributed by atoms with Crippen LogP contribution in [0.15, 0.2) is 72.8 Å². The molecule has 9 aliphatic rings. The summed E-state index contributed by atoms with van der Waals surface area (Å²) in [5.74, 6) is 6.42. The summed E-state index contributed by atoms with van der Waals surface area (Å²) in [4.78, 5) is 2.73. The summed E-state index contributed by atoms with van der Waals surface area (Å²) in [6.07, 6.45) is 19.8. The molecular formula is C43H56N2O4PPdS+. The molecule has 52 heavy (non-hydrogen) atoms. The molecule has 9 heteroatoms. The van der Waals surface area contributed by atoms with E-state index >= 15 is 0 Å². The van der Waals surface area contributed by atoms with E-state index in [1.54, 1.807) is 88.8 Å². The van der Waals surface area contributed by atoms with E-state index in [0.717, 1.165) is 72.9 Å². The van der Waals surface area contributed by atoms with E-state index < -0.39 is 18.0 Å². The molecular weight excluding hydrogens is 778 g/mol. The molecule has 2 N–H and O–H groups in total. The number of nitrogens with one attached hydrogen (secondary N) is 1. The van der Waals surface area contributed by atoms with Gasteiger partial charge in [-0.05, 0) is 125 Å². The second kappa shape index (κ2) is 15.8. The first-order valence-corrected chi connectivity index (χ1v) is 22.9. The van der Waals surface area contributed by atoms with Gasteiger partial charge in [0.2, 0.25) is 0 Å². The Morgan fingerprint density at radius 3 is 1.63 bits per heavy atom. The Morgan fingerprint density at radius 1 is 0.731 bits per heavy atom. The standard InChI is InChI=1S/C30H42NOP.C12H9N.CH4O3S.Pd/c1-2-4-28(27(3-1)31-5-7-32-8-6-31)33(29-15-21-9-22(16-29)11-23(10-21)17-29)30-18-24-12-25(19-30)14-26(13-24)20-30;13-12-9-5-4-8-11(12)10-6-2-1-3-7-10;1-5(2,3)4;/h1-4,21-26H,5-20H2;1-6,8-9,13H;1H3,(H,2,3,4);/q;-2;;+2/p+1. The molecule has 12 rings (SSSR count). The minimum Gasteiger partial charge on any atom is -0.706 e. The number of hydrogen-bond donors (Lipinski definition) is 1. The number of benzene rings is 3. The van der Waals surface area contributed by atoms with E-state index in [4.69, 9.17) is 15.0 Å². The Hall–Kier alpha value is -1.78. The Balaban J connectivity index is 0.000000185. The zero-order chi connectivity index (χ0) is 35.2. The fourth-order valence-electron chi connectivity index (χ4n) is 13.0. The molecule has 1 saturated heterocycles. The van der Waals surface area contributed by atoms with Gasteiger partial charge in [0.15, 0.2) is 0 Å². The molecule has 0 aromatic heterocycles. The Morgan fingerprint density at radius 2 is 1.17 bits per heavy atom. The molecule has 8 saturated carbocycles. The number of morpholine rings is 1. The molecule has 3 aromatic carbocycles. The summed E-state index contributed by atoms with van der Waals surface area (Å²) in [5, 5.41) is 3.29. The van der Waals surface area contributed by atoms with E-state index in [-0.39, 0.29) is 20.4 Å². The zero-order valence-corrected chi connectivity index (χ0v) is 33.9. The maximum absolute atomic E-state index is 9.19. The van der Waals surface area contributed by atoms with Crippen LogP contribution in [-0.4, -0.2) is 55.8 Å². The van der Waals surface area contributed by atoms with Crippen LogP contribution < -0.4 is 10.2 Å². The van der Waals surface area contributed by atoms with E-state index in [9.17, 15) is 8.42 Å². The Labute approximate surface area is 327 Å². The van der Waals surface area contributed by atoms with Gasteiger partial charge in [-0.3, -0.25) is 4.55 Å². The van der Waals surface area contributed by atoms with Crippen molar-refractivity contribution in [1.29, 1.82) is 0 Å². The van der Waals surface area contributed by atoms with Crippen LogP contribution in [0.2, 0.25) is 0 Å². The molecule has 6 nitrogen and oxygen atoms in total. The van der Waals surface area contributed by atoms with Crippen molar-refractivity contribution in [1.82, 2.24) is 0 Å². The SMILES string of the molecule is CS(=O)(=O)O.[NH-]c1ccccc1-c1[c-]cccc1.[Pd+2].c1ccc([PH+](C23CC4CC(CC(C4)C2)C3)C23CC4CC(CC(C4)C2)C3)c(N2CCOCC2)c1. The predicted molar refractivity (Wildman–Crippen MR) is 211 cm³/mol. The fraction of sp³-hybridized carbons (Fsp3) is 0.581. The zero-order valence-electron chi connectivity index (χ0n) is 30.5. The van der Waals surface area contributed by atoms with Gasteiger partial charge in [-0.1, -0.05) is 36.4 Å². The topological polar surface area (TPSA) is 90.6 Å². The van der Waals surface area contributed by atoms with Crippen LogP contribution in [0, 0.1) is 41.6 Å². The van der Waals surface area contributed by atoms with Crippen molar-refractivity contribution in [3.63, 3.8) is 0 Å². The minimum absolute atomic E-state index is 0. The van der Waals surface area contributed by atoms with Crippen molar-refractivity contribution in [2.75, 3.05) is 37.5 Å². The van der Waals surface area contributed by atoms with Crippen molar-refractivity contribution in [2.45, 2.75) is 87.4 Å². The number of para-hydroxylation sites is 1. The van der Waals surface area contributed by atoms with Gasteiger partial charge in [0.05, 0.1) is 35.5 Å². The average molecular weight is 834 g/mol. The van der Waals surface area contributed by atoms with E-state index in [1.165, 1.54) is 0 Å². The first kappa shape index (κ1) is 38.5. The van der Waals surface area contributed by atoms with Crippen LogP contribution in [0.5, 0.6) is 0 Å². The number of hydrogen-bond acceptors (Lipinski definition) is 4. The first-order valence-electron chi connectivity index (χ1n) is 19.6. The Bertz CT molecular complexity index is 1660. The summed E-state index contributed by atoms with van der Waals surface area (Å²) in [5.41, 5.74) is 11.8. The molecule has 0 spiro atoms. The van der Waals surface area contributed by atoms with Gasteiger partial charge in [-0.25, -0.2) is 0 Å². The van der Waals surface area contributed by atoms with Crippen molar-refractivity contribution in [3.05, 3.63) is 84.6 Å². The molecule has 8 aliphatic carbocycles. The third-order valence-electron chi connectivity index (χ3n) is 13.6. The monoisotopic (exact) mass is 833 g/mol. The van der Waals surface area contributed by atoms with Crippen LogP contribution in [0.25, 0.3) is 16.9 Å². The average Bonchev–Trinajstić information content (AvgIpc) is 3.08. The van der Waals surface area contributed by atoms with Crippen molar-refractivity contribution < 1.29 is 38.1 Å². The molecule has 8 bridgehead atoms. The number of ether oxygens (including phenoxy) is 1. The molecule has 9 fully saturated rings. The maximum atomic E-state index is 9.19. The third kappa shape index (κ3) is 8.24. The van der Waals surface area contributed by atoms with Crippen LogP contribution in [0.1, 0.15) is 77.0 Å². The summed E-state index contributed by atoms with van der Waals surface area (Å²) in [7, 11) is -4.34. The largest absolute Gasteiger partial charge is 2.00 e. The Kier molecular flexibility index (Phi) is 11.7. The molecule has 3 aromatic rings. The van der Waals surface area contributed by atoms with Crippen LogP contribution >= 0.6 is 7.92 Å². The van der Waals surface area contributed by atoms with Crippen LogP contribution in [-0.2, 0) is 35.3 Å². The quantitative estimate of drug-likeness (QED) is 0.120. The van der Waals surface area contributed by atoms with Crippen molar-refractivity contribution in [2.24, 2.45) is 35.5 Å². The van der Waals surface area contributed by atoms with Gasteiger partial charge in [0, 0.05) is 21.0 Å². The van der Waals surface area contributed by atoms with Gasteiger partial charge in [-0.15, -0.1) is 41.5 Å². The van der Waals surface area contributed by atoms with Crippen LogP contribution in [0.4, 0.5) is 11.4 Å². The second-order valence-corrected chi connectivity index (χ2v) is 22.3. The first-order chi connectivity index (χ1) is 24.6. The molecule has 0 radical (unpaired) electrons. The van der Waals surface area contributed by atoms with Gasteiger partial charge in [0.25, 0.3) is 10.1 Å². The summed E-state index contributed by atoms with van der Waals surface area (Å²) < 4.78 is 31.7. The summed E-state index contributed by atoms with van der Waals surface area (Å²) in [6, 6.07) is 28.3. The van der Waals surface area contributed by atoms with Gasteiger partial charge in [0.1, 0.15) is 5.30 Å². The maximum Gasteiger partial charge on any atom is 2.00 e. The van der Waals surface area contributed by atoms with E-state index in [2.05, 4.69) is 35.2 Å². The summed E-state index contributed by atoms with van der Waals surface area (Å²) in [6.45, 7) is 4.00. The number of anilines is 1. The summed E-state index contributed by atoms with van der Waals surface area (Å²) >= 11 is 0. The van der Waals surface area contributed by atoms with Crippen molar-refractivity contribution >= 4 is 34.7 Å². The van der Waals surface area contributed by atoms with E-state index in [1.807, 2.05) is 47.8 Å². The second-order valence-electron chi connectivity index (χ2n) is 17.4. The van der Waals surface area contributed by atoms with Gasteiger partial charge in [-0.2, -0.15) is 14.1 Å². The molecule has 0 unspecified atom stereocenters. The number of rotatable bonds is 5. The predicted octanol–water partition coefficient (Wildman–Crippen LogP) is 9.64. The van der Waals surface area contributed by atoms with Gasteiger partial charge < -0.3 is 15.4 Å². The molecule has 1 aliphatic heterocycles. The van der Waals surface area contributed by atoms with Crippen LogP contribution in [0.3, 0.4) is 0 Å². The molecule has 1 heterocycles. The molecule has 282 valence electrons. The smallest absolute Gasteiger partial charge is 0.706 e. The molecule has 0 atom stereocenters.